The Morgan fingerprint density at radius 2 is 2.07 bits per heavy atom. The molecule has 0 aromatic rings. The summed E-state index contributed by atoms with van der Waals surface area (Å²) < 4.78 is 0. The summed E-state index contributed by atoms with van der Waals surface area (Å²) in [6, 6.07) is 0. The molecule has 0 bridgehead atoms. The third kappa shape index (κ3) is 2.73. The molecule has 2 nitrogen and oxygen atoms in total. The van der Waals surface area contributed by atoms with Gasteiger partial charge >= 0.3 is 0 Å². The Morgan fingerprint density at radius 3 is 2.64 bits per heavy atom. The largest absolute Gasteiger partial charge is 0.359 e. The van der Waals surface area contributed by atoms with Crippen molar-refractivity contribution in [2.24, 2.45) is 17.3 Å². The van der Waals surface area contributed by atoms with E-state index in [9.17, 15) is 4.79 Å². The molecule has 0 spiro atoms. The summed E-state index contributed by atoms with van der Waals surface area (Å²) in [5, 5.41) is 2.79. The molecule has 1 fully saturated rings. The lowest BCUT2D eigenvalue weighted by Crippen LogP contribution is -2.33. The Labute approximate surface area is 87.5 Å². The summed E-state index contributed by atoms with van der Waals surface area (Å²) in [5.41, 5.74) is 0.335. The highest BCUT2D eigenvalue weighted by Gasteiger charge is 2.33. The lowest BCUT2D eigenvalue weighted by Gasteiger charge is -2.27. The summed E-state index contributed by atoms with van der Waals surface area (Å²) >= 11 is 0. The second kappa shape index (κ2) is 4.33. The van der Waals surface area contributed by atoms with Gasteiger partial charge in [-0.2, -0.15) is 0 Å². The molecule has 2 unspecified atom stereocenters. The van der Waals surface area contributed by atoms with Gasteiger partial charge in [-0.05, 0) is 30.6 Å². The van der Waals surface area contributed by atoms with E-state index in [1.165, 1.54) is 19.3 Å². The number of hydrogen-bond acceptors (Lipinski definition) is 1. The molecule has 0 radical (unpaired) electrons. The van der Waals surface area contributed by atoms with Gasteiger partial charge in [0.05, 0.1) is 0 Å². The quantitative estimate of drug-likeness (QED) is 0.643. The topological polar surface area (TPSA) is 29.1 Å². The molecule has 2 heteroatoms. The van der Waals surface area contributed by atoms with E-state index in [1.54, 1.807) is 7.05 Å². The Kier molecular flexibility index (Phi) is 3.57. The smallest absolute Gasteiger partial charge is 0.223 e. The summed E-state index contributed by atoms with van der Waals surface area (Å²) in [4.78, 5) is 11.7. The third-order valence-corrected chi connectivity index (χ3v) is 3.56. The monoisotopic (exact) mass is 197 g/mol. The molecule has 1 aliphatic rings. The van der Waals surface area contributed by atoms with E-state index in [0.29, 0.717) is 11.3 Å². The van der Waals surface area contributed by atoms with Crippen LogP contribution in [-0.2, 0) is 4.79 Å². The van der Waals surface area contributed by atoms with Gasteiger partial charge in [0.25, 0.3) is 0 Å². The van der Waals surface area contributed by atoms with Crippen LogP contribution in [0, 0.1) is 17.3 Å². The zero-order valence-electron chi connectivity index (χ0n) is 9.89. The van der Waals surface area contributed by atoms with Crippen molar-refractivity contribution in [3.8, 4) is 0 Å². The average Bonchev–Trinajstić information content (AvgIpc) is 2.24. The van der Waals surface area contributed by atoms with E-state index in [4.69, 9.17) is 0 Å². The van der Waals surface area contributed by atoms with Crippen molar-refractivity contribution >= 4 is 5.91 Å². The van der Waals surface area contributed by atoms with Gasteiger partial charge in [0.2, 0.25) is 5.91 Å². The average molecular weight is 197 g/mol. The van der Waals surface area contributed by atoms with E-state index < -0.39 is 0 Å². The fourth-order valence-electron chi connectivity index (χ4n) is 2.54. The molecule has 2 atom stereocenters. The number of amides is 1. The lowest BCUT2D eigenvalue weighted by atomic mass is 9.79. The van der Waals surface area contributed by atoms with Gasteiger partial charge in [0.15, 0.2) is 0 Å². The predicted molar refractivity (Wildman–Crippen MR) is 59.0 cm³/mol. The van der Waals surface area contributed by atoms with Crippen LogP contribution in [-0.4, -0.2) is 13.0 Å². The van der Waals surface area contributed by atoms with Gasteiger partial charge in [-0.3, -0.25) is 4.79 Å². The molecule has 0 saturated heterocycles. The minimum Gasteiger partial charge on any atom is -0.359 e. The molecular weight excluding hydrogens is 174 g/mol. The summed E-state index contributed by atoms with van der Waals surface area (Å²) in [6.45, 7) is 6.77. The molecule has 1 aliphatic carbocycles. The summed E-state index contributed by atoms with van der Waals surface area (Å²) in [7, 11) is 1.74. The molecule has 1 saturated carbocycles. The standard InChI is InChI=1S/C12H23NO/c1-9-6-5-7-12(2,3)8-10(9)11(14)13-4/h9-10H,5-8H2,1-4H3,(H,13,14). The fraction of sp³-hybridized carbons (Fsp3) is 0.917. The van der Waals surface area contributed by atoms with Crippen molar-refractivity contribution < 1.29 is 4.79 Å². The molecule has 0 aromatic carbocycles. The van der Waals surface area contributed by atoms with Crippen molar-refractivity contribution in [1.29, 1.82) is 0 Å². The SMILES string of the molecule is CNC(=O)C1CC(C)(C)CCCC1C. The maximum atomic E-state index is 11.7. The van der Waals surface area contributed by atoms with Crippen molar-refractivity contribution in [3.05, 3.63) is 0 Å². The Bertz CT molecular complexity index is 210. The Balaban J connectivity index is 2.73. The maximum Gasteiger partial charge on any atom is 0.223 e. The third-order valence-electron chi connectivity index (χ3n) is 3.56. The molecule has 14 heavy (non-hydrogen) atoms. The van der Waals surface area contributed by atoms with Crippen LogP contribution in [0.1, 0.15) is 46.5 Å². The second-order valence-electron chi connectivity index (χ2n) is 5.46. The van der Waals surface area contributed by atoms with Gasteiger partial charge in [-0.25, -0.2) is 0 Å². The summed E-state index contributed by atoms with van der Waals surface area (Å²) in [5.74, 6) is 0.988. The normalized spacial score (nSPS) is 32.0. The van der Waals surface area contributed by atoms with Crippen molar-refractivity contribution in [2.75, 3.05) is 7.05 Å². The van der Waals surface area contributed by atoms with Crippen LogP contribution in [0.5, 0.6) is 0 Å². The van der Waals surface area contributed by atoms with Crippen LogP contribution >= 0.6 is 0 Å². The minimum absolute atomic E-state index is 0.220. The number of hydrogen-bond donors (Lipinski definition) is 1. The van der Waals surface area contributed by atoms with Crippen molar-refractivity contribution in [3.63, 3.8) is 0 Å². The highest BCUT2D eigenvalue weighted by molar-refractivity contribution is 5.78. The molecule has 0 aromatic heterocycles. The van der Waals surface area contributed by atoms with Crippen LogP contribution in [0.25, 0.3) is 0 Å². The molecular formula is C12H23NO. The minimum atomic E-state index is 0.220. The summed E-state index contributed by atoms with van der Waals surface area (Å²) in [6.07, 6.45) is 4.75. The second-order valence-corrected chi connectivity index (χ2v) is 5.46. The van der Waals surface area contributed by atoms with Gasteiger partial charge in [0, 0.05) is 13.0 Å². The first-order valence-corrected chi connectivity index (χ1v) is 5.68. The van der Waals surface area contributed by atoms with E-state index in [1.807, 2.05) is 0 Å². The van der Waals surface area contributed by atoms with Gasteiger partial charge < -0.3 is 5.32 Å². The van der Waals surface area contributed by atoms with Gasteiger partial charge in [-0.15, -0.1) is 0 Å². The highest BCUT2D eigenvalue weighted by atomic mass is 16.1. The predicted octanol–water partition coefficient (Wildman–Crippen LogP) is 2.58. The lowest BCUT2D eigenvalue weighted by molar-refractivity contribution is -0.126. The number of rotatable bonds is 1. The van der Waals surface area contributed by atoms with Crippen LogP contribution < -0.4 is 5.32 Å². The van der Waals surface area contributed by atoms with Gasteiger partial charge in [0.1, 0.15) is 0 Å². The first kappa shape index (κ1) is 11.5. The maximum absolute atomic E-state index is 11.7. The van der Waals surface area contributed by atoms with Gasteiger partial charge in [-0.1, -0.05) is 27.2 Å². The van der Waals surface area contributed by atoms with Crippen LogP contribution in [0.3, 0.4) is 0 Å². The van der Waals surface area contributed by atoms with E-state index in [-0.39, 0.29) is 11.8 Å². The zero-order valence-corrected chi connectivity index (χ0v) is 9.89. The van der Waals surface area contributed by atoms with Crippen LogP contribution in [0.4, 0.5) is 0 Å². The Morgan fingerprint density at radius 1 is 1.43 bits per heavy atom. The highest BCUT2D eigenvalue weighted by Crippen LogP contribution is 2.39. The number of carbonyl (C=O) groups excluding carboxylic acids is 1. The molecule has 0 heterocycles. The van der Waals surface area contributed by atoms with E-state index >= 15 is 0 Å². The molecule has 1 N–H and O–H groups in total. The Hall–Kier alpha value is -0.530. The fourth-order valence-corrected chi connectivity index (χ4v) is 2.54. The van der Waals surface area contributed by atoms with Crippen molar-refractivity contribution in [2.45, 2.75) is 46.5 Å². The first-order chi connectivity index (χ1) is 6.46. The molecule has 1 rings (SSSR count). The molecule has 82 valence electrons. The first-order valence-electron chi connectivity index (χ1n) is 5.68. The molecule has 1 amide bonds. The number of carbonyl (C=O) groups is 1. The number of nitrogens with one attached hydrogen (secondary N) is 1. The molecule has 0 aliphatic heterocycles. The van der Waals surface area contributed by atoms with Crippen LogP contribution in [0.15, 0.2) is 0 Å². The zero-order chi connectivity index (χ0) is 10.8. The van der Waals surface area contributed by atoms with Crippen molar-refractivity contribution in [1.82, 2.24) is 5.32 Å². The van der Waals surface area contributed by atoms with Crippen LogP contribution in [0.2, 0.25) is 0 Å². The van der Waals surface area contributed by atoms with E-state index in [0.717, 1.165) is 6.42 Å². The van der Waals surface area contributed by atoms with E-state index in [2.05, 4.69) is 26.1 Å².